The molecule has 0 bridgehead atoms. The average Bonchev–Trinajstić information content (AvgIpc) is 0.918. The van der Waals surface area contributed by atoms with Gasteiger partial charge >= 0.3 is 29.6 Å². The number of hydrogen-bond donors (Lipinski definition) is 1. The van der Waals surface area contributed by atoms with Gasteiger partial charge in [-0.05, 0) is 6.92 Å². The molecule has 0 rings (SSSR count). The standard InChI is InChI=1S/C2H5O.Na.H/c1-2-3;;/h2-3H,1H3;;. The molecule has 1 N–H and O–H groups in total. The van der Waals surface area contributed by atoms with E-state index in [-0.39, 0.29) is 29.6 Å². The van der Waals surface area contributed by atoms with Gasteiger partial charge in [-0.2, -0.15) is 0 Å². The Morgan fingerprint density at radius 1 is 1.75 bits per heavy atom. The van der Waals surface area contributed by atoms with Gasteiger partial charge in [-0.25, -0.2) is 0 Å². The third-order valence-corrected chi connectivity index (χ3v) is 0. The van der Waals surface area contributed by atoms with E-state index in [0.717, 1.165) is 6.61 Å². The predicted octanol–water partition coefficient (Wildman–Crippen LogP) is -0.108. The Bertz CT molecular complexity index is 6.00. The van der Waals surface area contributed by atoms with Crippen molar-refractivity contribution in [2.24, 2.45) is 0 Å². The third kappa shape index (κ3) is 12.3. The van der Waals surface area contributed by atoms with E-state index in [1.807, 2.05) is 0 Å². The van der Waals surface area contributed by atoms with Crippen LogP contribution in [0.15, 0.2) is 0 Å². The zero-order valence-electron chi connectivity index (χ0n) is 2.02. The second-order valence-corrected chi connectivity index (χ2v) is 0.258. The average molecular weight is 69.1 g/mol. The number of rotatable bonds is 0. The molecule has 2 heteroatoms. The molecule has 4 heavy (non-hydrogen) atoms. The molecule has 0 atom stereocenters. The Morgan fingerprint density at radius 3 is 1.75 bits per heavy atom. The molecule has 0 saturated heterocycles. The molecule has 1 radical (unpaired) electrons. The maximum atomic E-state index is 7.44. The van der Waals surface area contributed by atoms with Crippen LogP contribution in [-0.4, -0.2) is 34.7 Å². The van der Waals surface area contributed by atoms with Crippen LogP contribution < -0.4 is 0 Å². The van der Waals surface area contributed by atoms with Gasteiger partial charge in [0.1, 0.15) is 0 Å². The van der Waals surface area contributed by atoms with Crippen molar-refractivity contribution in [3.63, 3.8) is 0 Å². The van der Waals surface area contributed by atoms with Crippen LogP contribution in [-0.2, 0) is 0 Å². The van der Waals surface area contributed by atoms with E-state index < -0.39 is 0 Å². The molecular formula is C2H6NaO. The van der Waals surface area contributed by atoms with Crippen LogP contribution >= 0.6 is 0 Å². The first-order valence-corrected chi connectivity index (χ1v) is 0.836. The van der Waals surface area contributed by atoms with Crippen LogP contribution in [0.2, 0.25) is 0 Å². The quantitative estimate of drug-likeness (QED) is 0.393. The topological polar surface area (TPSA) is 20.2 Å². The van der Waals surface area contributed by atoms with Gasteiger partial charge < -0.3 is 5.11 Å². The van der Waals surface area contributed by atoms with Crippen molar-refractivity contribution < 1.29 is 5.11 Å². The first-order valence-electron chi connectivity index (χ1n) is 0.836. The van der Waals surface area contributed by atoms with Gasteiger partial charge in [0.05, 0.1) is 6.61 Å². The molecule has 0 heterocycles. The van der Waals surface area contributed by atoms with E-state index in [9.17, 15) is 0 Å². The van der Waals surface area contributed by atoms with Crippen molar-refractivity contribution in [2.75, 3.05) is 0 Å². The molecule has 0 amide bonds. The zero-order chi connectivity index (χ0) is 2.71. The summed E-state index contributed by atoms with van der Waals surface area (Å²) in [5, 5.41) is 7.44. The number of aliphatic hydroxyl groups is 1. The Morgan fingerprint density at radius 2 is 1.75 bits per heavy atom. The molecule has 0 aromatic rings. The number of hydrogen-bond acceptors (Lipinski definition) is 1. The fourth-order valence-electron chi connectivity index (χ4n) is 0. The van der Waals surface area contributed by atoms with Crippen LogP contribution in [0.4, 0.5) is 0 Å². The molecule has 0 aliphatic heterocycles. The van der Waals surface area contributed by atoms with Crippen molar-refractivity contribution in [2.45, 2.75) is 6.92 Å². The minimum atomic E-state index is 0. The molecule has 0 fully saturated rings. The van der Waals surface area contributed by atoms with Crippen LogP contribution in [0.25, 0.3) is 0 Å². The van der Waals surface area contributed by atoms with Crippen molar-refractivity contribution in [1.82, 2.24) is 0 Å². The van der Waals surface area contributed by atoms with Crippen molar-refractivity contribution in [1.29, 1.82) is 0 Å². The number of aliphatic hydroxyl groups excluding tert-OH is 1. The van der Waals surface area contributed by atoms with E-state index >= 15 is 0 Å². The first-order chi connectivity index (χ1) is 1.41. The molecule has 0 aliphatic rings. The Kier molecular flexibility index (Phi) is 20.0. The second kappa shape index (κ2) is 9.03. The summed E-state index contributed by atoms with van der Waals surface area (Å²) in [6.45, 7) is 2.56. The molecule has 0 spiro atoms. The van der Waals surface area contributed by atoms with Crippen LogP contribution in [0.5, 0.6) is 0 Å². The molecular weight excluding hydrogens is 63.0 g/mol. The second-order valence-electron chi connectivity index (χ2n) is 0.258. The summed E-state index contributed by atoms with van der Waals surface area (Å²) in [4.78, 5) is 0. The summed E-state index contributed by atoms with van der Waals surface area (Å²) in [6, 6.07) is 0. The molecule has 0 aliphatic carbocycles. The van der Waals surface area contributed by atoms with Gasteiger partial charge in [0.15, 0.2) is 0 Å². The molecule has 0 aromatic carbocycles. The molecule has 0 aromatic heterocycles. The zero-order valence-corrected chi connectivity index (χ0v) is 2.02. The predicted molar refractivity (Wildman–Crippen MR) is 19.1 cm³/mol. The summed E-state index contributed by atoms with van der Waals surface area (Å²) in [6.07, 6.45) is 0. The van der Waals surface area contributed by atoms with E-state index in [2.05, 4.69) is 0 Å². The fraction of sp³-hybridized carbons (Fsp3) is 0.500. The van der Waals surface area contributed by atoms with Crippen LogP contribution in [0.3, 0.4) is 0 Å². The summed E-state index contributed by atoms with van der Waals surface area (Å²) in [5.74, 6) is 0. The van der Waals surface area contributed by atoms with Gasteiger partial charge in [0.25, 0.3) is 0 Å². The third-order valence-electron chi connectivity index (χ3n) is 0. The van der Waals surface area contributed by atoms with Gasteiger partial charge in [0.2, 0.25) is 0 Å². The van der Waals surface area contributed by atoms with Crippen molar-refractivity contribution >= 4 is 29.6 Å². The Hall–Kier alpha value is 0.960. The summed E-state index contributed by atoms with van der Waals surface area (Å²) in [7, 11) is 0. The molecule has 21 valence electrons. The maximum absolute atomic E-state index is 7.44. The molecule has 0 unspecified atom stereocenters. The van der Waals surface area contributed by atoms with Gasteiger partial charge in [-0.3, -0.25) is 0 Å². The SMILES string of the molecule is C[CH]O.[NaH]. The Balaban J connectivity index is 0. The van der Waals surface area contributed by atoms with Crippen LogP contribution in [0.1, 0.15) is 6.92 Å². The molecule has 0 saturated carbocycles. The van der Waals surface area contributed by atoms with Crippen molar-refractivity contribution in [3.05, 3.63) is 6.61 Å². The molecule has 1 nitrogen and oxygen atoms in total. The summed E-state index contributed by atoms with van der Waals surface area (Å²) < 4.78 is 0. The van der Waals surface area contributed by atoms with Gasteiger partial charge in [-0.1, -0.05) is 0 Å². The minimum absolute atomic E-state index is 0. The normalized spacial score (nSPS) is 4.50. The summed E-state index contributed by atoms with van der Waals surface area (Å²) >= 11 is 0. The monoisotopic (exact) mass is 69.0 g/mol. The van der Waals surface area contributed by atoms with Crippen molar-refractivity contribution in [3.8, 4) is 0 Å². The van der Waals surface area contributed by atoms with E-state index in [0.29, 0.717) is 0 Å². The van der Waals surface area contributed by atoms with Crippen LogP contribution in [0, 0.1) is 6.61 Å². The van der Waals surface area contributed by atoms with Gasteiger partial charge in [0, 0.05) is 0 Å². The van der Waals surface area contributed by atoms with E-state index in [1.165, 1.54) is 0 Å². The fourth-order valence-corrected chi connectivity index (χ4v) is 0. The van der Waals surface area contributed by atoms with E-state index in [1.54, 1.807) is 6.92 Å². The summed E-state index contributed by atoms with van der Waals surface area (Å²) in [5.41, 5.74) is 0. The first kappa shape index (κ1) is 8.88. The Labute approximate surface area is 48.3 Å². The van der Waals surface area contributed by atoms with E-state index in [4.69, 9.17) is 5.11 Å². The van der Waals surface area contributed by atoms with Gasteiger partial charge in [-0.15, -0.1) is 0 Å².